The van der Waals surface area contributed by atoms with Crippen LogP contribution in [0.2, 0.25) is 0 Å². The van der Waals surface area contributed by atoms with Gasteiger partial charge in [-0.25, -0.2) is 0 Å². The van der Waals surface area contributed by atoms with Crippen molar-refractivity contribution in [2.75, 3.05) is 20.3 Å². The number of carbonyl (C=O) groups is 2. The Balaban J connectivity index is 1.98. The zero-order valence-corrected chi connectivity index (χ0v) is 16.4. The first-order valence-corrected chi connectivity index (χ1v) is 9.23. The molecule has 2 amide bonds. The van der Waals surface area contributed by atoms with E-state index < -0.39 is 11.8 Å². The quantitative estimate of drug-likeness (QED) is 0.646. The van der Waals surface area contributed by atoms with Crippen molar-refractivity contribution in [3.05, 3.63) is 53.6 Å². The van der Waals surface area contributed by atoms with Crippen molar-refractivity contribution in [2.24, 2.45) is 0 Å². The molecule has 2 N–H and O–H groups in total. The van der Waals surface area contributed by atoms with Gasteiger partial charge in [-0.3, -0.25) is 20.4 Å². The van der Waals surface area contributed by atoms with E-state index in [1.807, 2.05) is 13.8 Å². The summed E-state index contributed by atoms with van der Waals surface area (Å²) < 4.78 is 16.3. The summed E-state index contributed by atoms with van der Waals surface area (Å²) >= 11 is 0. The molecule has 0 spiro atoms. The van der Waals surface area contributed by atoms with Gasteiger partial charge in [-0.15, -0.1) is 0 Å². The summed E-state index contributed by atoms with van der Waals surface area (Å²) in [5, 5.41) is 0. The van der Waals surface area contributed by atoms with Crippen molar-refractivity contribution in [2.45, 2.75) is 26.7 Å². The van der Waals surface area contributed by atoms with Gasteiger partial charge in [0.25, 0.3) is 11.8 Å². The second kappa shape index (κ2) is 10.8. The van der Waals surface area contributed by atoms with Gasteiger partial charge in [0, 0.05) is 11.1 Å². The zero-order valence-electron chi connectivity index (χ0n) is 16.4. The van der Waals surface area contributed by atoms with Gasteiger partial charge in [0.15, 0.2) is 11.5 Å². The van der Waals surface area contributed by atoms with Crippen LogP contribution in [0.15, 0.2) is 42.5 Å². The van der Waals surface area contributed by atoms with Crippen LogP contribution in [0, 0.1) is 0 Å². The Hall–Kier alpha value is -3.22. The van der Waals surface area contributed by atoms with Crippen LogP contribution in [0.1, 0.15) is 47.4 Å². The molecule has 0 aliphatic carbocycles. The third-order valence-corrected chi connectivity index (χ3v) is 3.75. The number of benzene rings is 2. The highest BCUT2D eigenvalue weighted by Crippen LogP contribution is 2.28. The molecule has 150 valence electrons. The molecular weight excluding hydrogens is 360 g/mol. The SMILES string of the molecule is CCCOc1cccc(C(=O)NNC(=O)c2ccc(OCCC)c(OC)c2)c1. The lowest BCUT2D eigenvalue weighted by Gasteiger charge is -2.12. The molecule has 0 unspecified atom stereocenters. The van der Waals surface area contributed by atoms with Crippen molar-refractivity contribution in [3.8, 4) is 17.2 Å². The zero-order chi connectivity index (χ0) is 20.4. The first-order chi connectivity index (χ1) is 13.6. The molecule has 7 nitrogen and oxygen atoms in total. The van der Waals surface area contributed by atoms with Crippen LogP contribution >= 0.6 is 0 Å². The third kappa shape index (κ3) is 5.90. The summed E-state index contributed by atoms with van der Waals surface area (Å²) in [6.07, 6.45) is 1.74. The van der Waals surface area contributed by atoms with Crippen LogP contribution in [0.4, 0.5) is 0 Å². The standard InChI is InChI=1S/C21H26N2O5/c1-4-11-27-17-8-6-7-15(13-17)20(24)22-23-21(25)16-9-10-18(28-12-5-2)19(14-16)26-3/h6-10,13-14H,4-5,11-12H2,1-3H3,(H,22,24)(H,23,25). The highest BCUT2D eigenvalue weighted by atomic mass is 16.5. The topological polar surface area (TPSA) is 85.9 Å². The van der Waals surface area contributed by atoms with Gasteiger partial charge in [0.2, 0.25) is 0 Å². The summed E-state index contributed by atoms with van der Waals surface area (Å²) in [6, 6.07) is 11.6. The summed E-state index contributed by atoms with van der Waals surface area (Å²) in [6.45, 7) is 5.13. The lowest BCUT2D eigenvalue weighted by molar-refractivity contribution is 0.0846. The molecule has 2 aromatic rings. The Morgan fingerprint density at radius 2 is 1.46 bits per heavy atom. The molecule has 0 radical (unpaired) electrons. The van der Waals surface area contributed by atoms with E-state index in [2.05, 4.69) is 10.9 Å². The fourth-order valence-corrected chi connectivity index (χ4v) is 2.34. The Morgan fingerprint density at radius 3 is 2.11 bits per heavy atom. The normalized spacial score (nSPS) is 10.1. The average Bonchev–Trinajstić information content (AvgIpc) is 2.74. The van der Waals surface area contributed by atoms with Crippen molar-refractivity contribution < 1.29 is 23.8 Å². The predicted octanol–water partition coefficient (Wildman–Crippen LogP) is 3.35. The molecule has 0 saturated heterocycles. The van der Waals surface area contributed by atoms with Gasteiger partial charge in [0.05, 0.1) is 20.3 Å². The number of methoxy groups -OCH3 is 1. The Bertz CT molecular complexity index is 807. The van der Waals surface area contributed by atoms with E-state index in [-0.39, 0.29) is 0 Å². The highest BCUT2D eigenvalue weighted by Gasteiger charge is 2.13. The van der Waals surface area contributed by atoms with E-state index in [4.69, 9.17) is 14.2 Å². The lowest BCUT2D eigenvalue weighted by Crippen LogP contribution is -2.41. The molecule has 2 aromatic carbocycles. The Morgan fingerprint density at radius 1 is 0.821 bits per heavy atom. The van der Waals surface area contributed by atoms with Gasteiger partial charge < -0.3 is 14.2 Å². The maximum absolute atomic E-state index is 12.3. The first-order valence-electron chi connectivity index (χ1n) is 9.23. The fraction of sp³-hybridized carbons (Fsp3) is 0.333. The van der Waals surface area contributed by atoms with E-state index in [0.717, 1.165) is 12.8 Å². The molecule has 0 fully saturated rings. The highest BCUT2D eigenvalue weighted by molar-refractivity contribution is 5.99. The second-order valence-electron chi connectivity index (χ2n) is 6.00. The Kier molecular flexibility index (Phi) is 8.14. The minimum Gasteiger partial charge on any atom is -0.494 e. The molecule has 0 atom stereocenters. The summed E-state index contributed by atoms with van der Waals surface area (Å²) in [5.74, 6) is 0.715. The van der Waals surface area contributed by atoms with Crippen molar-refractivity contribution in [1.82, 2.24) is 10.9 Å². The molecule has 0 aliphatic rings. The van der Waals surface area contributed by atoms with Crippen LogP contribution in [-0.2, 0) is 0 Å². The number of carbonyl (C=O) groups excluding carboxylic acids is 2. The number of nitrogens with one attached hydrogen (secondary N) is 2. The number of amides is 2. The molecule has 0 bridgehead atoms. The molecule has 0 aromatic heterocycles. The van der Waals surface area contributed by atoms with Crippen LogP contribution in [0.5, 0.6) is 17.2 Å². The Labute approximate surface area is 165 Å². The van der Waals surface area contributed by atoms with Crippen LogP contribution < -0.4 is 25.1 Å². The predicted molar refractivity (Wildman–Crippen MR) is 106 cm³/mol. The number of rotatable bonds is 9. The molecule has 7 heteroatoms. The molecule has 0 aliphatic heterocycles. The fourth-order valence-electron chi connectivity index (χ4n) is 2.34. The molecule has 28 heavy (non-hydrogen) atoms. The smallest absolute Gasteiger partial charge is 0.269 e. The molecule has 0 saturated carbocycles. The number of hydrogen-bond acceptors (Lipinski definition) is 5. The van der Waals surface area contributed by atoms with Gasteiger partial charge >= 0.3 is 0 Å². The van der Waals surface area contributed by atoms with E-state index in [1.165, 1.54) is 7.11 Å². The van der Waals surface area contributed by atoms with E-state index >= 15 is 0 Å². The van der Waals surface area contributed by atoms with E-state index in [0.29, 0.717) is 41.6 Å². The van der Waals surface area contributed by atoms with E-state index in [1.54, 1.807) is 42.5 Å². The van der Waals surface area contributed by atoms with Crippen LogP contribution in [0.3, 0.4) is 0 Å². The second-order valence-corrected chi connectivity index (χ2v) is 6.00. The average molecular weight is 386 g/mol. The van der Waals surface area contributed by atoms with Gasteiger partial charge in [-0.05, 0) is 49.2 Å². The minimum absolute atomic E-state index is 0.334. The maximum atomic E-state index is 12.3. The molecule has 2 rings (SSSR count). The first kappa shape index (κ1) is 21.1. The number of hydrogen-bond donors (Lipinski definition) is 2. The summed E-state index contributed by atoms with van der Waals surface area (Å²) in [7, 11) is 1.51. The lowest BCUT2D eigenvalue weighted by atomic mass is 10.2. The van der Waals surface area contributed by atoms with Crippen molar-refractivity contribution in [3.63, 3.8) is 0 Å². The maximum Gasteiger partial charge on any atom is 0.269 e. The molecular formula is C21H26N2O5. The van der Waals surface area contributed by atoms with E-state index in [9.17, 15) is 9.59 Å². The van der Waals surface area contributed by atoms with Crippen LogP contribution in [-0.4, -0.2) is 32.1 Å². The number of ether oxygens (including phenoxy) is 3. The van der Waals surface area contributed by atoms with Gasteiger partial charge in [-0.2, -0.15) is 0 Å². The minimum atomic E-state index is -0.466. The monoisotopic (exact) mass is 386 g/mol. The molecule has 0 heterocycles. The summed E-state index contributed by atoms with van der Waals surface area (Å²) in [4.78, 5) is 24.6. The number of hydrazine groups is 1. The van der Waals surface area contributed by atoms with Crippen molar-refractivity contribution in [1.29, 1.82) is 0 Å². The van der Waals surface area contributed by atoms with Crippen molar-refractivity contribution >= 4 is 11.8 Å². The van der Waals surface area contributed by atoms with Gasteiger partial charge in [-0.1, -0.05) is 19.9 Å². The van der Waals surface area contributed by atoms with Crippen LogP contribution in [0.25, 0.3) is 0 Å². The third-order valence-electron chi connectivity index (χ3n) is 3.75. The summed E-state index contributed by atoms with van der Waals surface area (Å²) in [5.41, 5.74) is 5.52. The van der Waals surface area contributed by atoms with Gasteiger partial charge in [0.1, 0.15) is 5.75 Å². The largest absolute Gasteiger partial charge is 0.494 e.